The number of non-ortho nitro benzene ring substituents is 1. The van der Waals surface area contributed by atoms with Crippen LogP contribution in [0.25, 0.3) is 6.08 Å². The van der Waals surface area contributed by atoms with Gasteiger partial charge in [-0.25, -0.2) is 0 Å². The second-order valence-corrected chi connectivity index (χ2v) is 12.1. The summed E-state index contributed by atoms with van der Waals surface area (Å²) < 4.78 is 11.3. The second-order valence-electron chi connectivity index (χ2n) is 11.0. The van der Waals surface area contributed by atoms with Gasteiger partial charge in [-0.1, -0.05) is 54.6 Å². The van der Waals surface area contributed by atoms with Crippen LogP contribution in [0, 0.1) is 10.1 Å². The molecule has 6 rings (SSSR count). The number of anilines is 2. The van der Waals surface area contributed by atoms with Crippen LogP contribution in [0.3, 0.4) is 0 Å². The minimum Gasteiger partial charge on any atom is -0.486 e. The molecule has 5 aromatic carbocycles. The molecular formula is C38H30N4O7S. The summed E-state index contributed by atoms with van der Waals surface area (Å²) >= 11 is 1.30. The highest BCUT2D eigenvalue weighted by Crippen LogP contribution is 2.38. The molecule has 0 saturated carbocycles. The van der Waals surface area contributed by atoms with E-state index >= 15 is 0 Å². The van der Waals surface area contributed by atoms with Crippen molar-refractivity contribution in [1.29, 1.82) is 0 Å². The molecular weight excluding hydrogens is 657 g/mol. The van der Waals surface area contributed by atoms with Crippen molar-refractivity contribution in [2.24, 2.45) is 0 Å². The average molecular weight is 687 g/mol. The van der Waals surface area contributed by atoms with Gasteiger partial charge >= 0.3 is 0 Å². The van der Waals surface area contributed by atoms with Crippen molar-refractivity contribution >= 4 is 52.6 Å². The van der Waals surface area contributed by atoms with Gasteiger partial charge in [0.05, 0.1) is 4.92 Å². The standard InChI is InChI=1S/C38H30N4O7S/c43-36(27-10-5-2-6-11-27)41-32(22-25-14-17-30(18-15-25)42(46)47)37(44)39-28-12-7-13-31(23-28)50-35(26-8-3-1-4-9-26)38(45)40-29-16-19-33-34(24-29)49-21-20-48-33/h1-19,22-24,35H,20-21H2,(H,39,44)(H,40,45)(H,41,43)/b32-22+. The average Bonchev–Trinajstić information content (AvgIpc) is 3.14. The number of rotatable bonds is 11. The van der Waals surface area contributed by atoms with E-state index in [0.29, 0.717) is 52.1 Å². The lowest BCUT2D eigenvalue weighted by Crippen LogP contribution is -2.30. The zero-order valence-corrected chi connectivity index (χ0v) is 27.2. The number of thioether (sulfide) groups is 1. The van der Waals surface area contributed by atoms with E-state index in [-0.39, 0.29) is 17.3 Å². The summed E-state index contributed by atoms with van der Waals surface area (Å²) in [7, 11) is 0. The van der Waals surface area contributed by atoms with Gasteiger partial charge in [0.1, 0.15) is 24.2 Å². The van der Waals surface area contributed by atoms with E-state index in [0.717, 1.165) is 5.56 Å². The summed E-state index contributed by atoms with van der Waals surface area (Å²) in [6, 6.07) is 35.6. The molecule has 0 radical (unpaired) electrons. The van der Waals surface area contributed by atoms with Crippen LogP contribution >= 0.6 is 11.8 Å². The molecule has 250 valence electrons. The molecule has 0 aromatic heterocycles. The summed E-state index contributed by atoms with van der Waals surface area (Å²) in [4.78, 5) is 51.7. The Morgan fingerprint density at radius 1 is 0.740 bits per heavy atom. The maximum Gasteiger partial charge on any atom is 0.272 e. The molecule has 1 aliphatic heterocycles. The van der Waals surface area contributed by atoms with E-state index in [4.69, 9.17) is 9.47 Å². The molecule has 50 heavy (non-hydrogen) atoms. The Kier molecular flexibility index (Phi) is 10.5. The van der Waals surface area contributed by atoms with Crippen molar-refractivity contribution < 1.29 is 28.8 Å². The quantitative estimate of drug-likeness (QED) is 0.0570. The van der Waals surface area contributed by atoms with Crippen molar-refractivity contribution in [3.05, 3.63) is 160 Å². The number of ether oxygens (including phenoxy) is 2. The van der Waals surface area contributed by atoms with Gasteiger partial charge in [0, 0.05) is 40.0 Å². The Morgan fingerprint density at radius 2 is 1.42 bits per heavy atom. The maximum absolute atomic E-state index is 13.7. The molecule has 11 nitrogen and oxygen atoms in total. The predicted molar refractivity (Wildman–Crippen MR) is 191 cm³/mol. The van der Waals surface area contributed by atoms with Crippen LogP contribution in [-0.4, -0.2) is 35.9 Å². The van der Waals surface area contributed by atoms with Crippen molar-refractivity contribution in [3.63, 3.8) is 0 Å². The largest absolute Gasteiger partial charge is 0.486 e. The van der Waals surface area contributed by atoms with Crippen molar-refractivity contribution in [2.45, 2.75) is 10.1 Å². The minimum absolute atomic E-state index is 0.0771. The number of nitrogens with one attached hydrogen (secondary N) is 3. The minimum atomic E-state index is -0.655. The number of nitro benzene ring substituents is 1. The smallest absolute Gasteiger partial charge is 0.272 e. The molecule has 0 bridgehead atoms. The first-order valence-electron chi connectivity index (χ1n) is 15.5. The third-order valence-electron chi connectivity index (χ3n) is 7.44. The third kappa shape index (κ3) is 8.54. The molecule has 5 aromatic rings. The highest BCUT2D eigenvalue weighted by atomic mass is 32.2. The first kappa shape index (κ1) is 33.5. The van der Waals surface area contributed by atoms with Crippen LogP contribution < -0.4 is 25.4 Å². The van der Waals surface area contributed by atoms with Gasteiger partial charge < -0.3 is 25.4 Å². The number of fused-ring (bicyclic) bond motifs is 1. The number of nitro groups is 1. The lowest BCUT2D eigenvalue weighted by Gasteiger charge is -2.20. The SMILES string of the molecule is O=C(Nc1cccc(SC(C(=O)Nc2ccc3c(c2)OCCO3)c2ccccc2)c1)/C(=C\c1ccc([N+](=O)[O-])cc1)NC(=O)c1ccccc1. The van der Waals surface area contributed by atoms with Gasteiger partial charge in [-0.05, 0) is 71.8 Å². The molecule has 0 spiro atoms. The third-order valence-corrected chi connectivity index (χ3v) is 8.69. The first-order chi connectivity index (χ1) is 24.3. The maximum atomic E-state index is 13.7. The summed E-state index contributed by atoms with van der Waals surface area (Å²) in [6.07, 6.45) is 1.44. The highest BCUT2D eigenvalue weighted by molar-refractivity contribution is 8.00. The van der Waals surface area contributed by atoms with Crippen molar-refractivity contribution in [3.8, 4) is 11.5 Å². The number of benzene rings is 5. The van der Waals surface area contributed by atoms with Crippen LogP contribution in [-0.2, 0) is 9.59 Å². The molecule has 0 aliphatic carbocycles. The lowest BCUT2D eigenvalue weighted by molar-refractivity contribution is -0.384. The van der Waals surface area contributed by atoms with Gasteiger partial charge in [-0.2, -0.15) is 0 Å². The molecule has 1 atom stereocenters. The molecule has 0 fully saturated rings. The fraction of sp³-hybridized carbons (Fsp3) is 0.0789. The summed E-state index contributed by atoms with van der Waals surface area (Å²) in [6.45, 7) is 0.887. The molecule has 0 saturated heterocycles. The zero-order chi connectivity index (χ0) is 34.9. The number of hydrogen-bond acceptors (Lipinski definition) is 8. The van der Waals surface area contributed by atoms with Crippen LogP contribution in [0.15, 0.2) is 138 Å². The topological polar surface area (TPSA) is 149 Å². The second kappa shape index (κ2) is 15.7. The summed E-state index contributed by atoms with van der Waals surface area (Å²) in [5.74, 6) is -0.209. The van der Waals surface area contributed by atoms with Gasteiger partial charge in [0.25, 0.3) is 17.5 Å². The Labute approximate surface area is 291 Å². The van der Waals surface area contributed by atoms with Crippen LogP contribution in [0.5, 0.6) is 11.5 Å². The predicted octanol–water partition coefficient (Wildman–Crippen LogP) is 7.25. The number of amides is 3. The van der Waals surface area contributed by atoms with Crippen LogP contribution in [0.2, 0.25) is 0 Å². The van der Waals surface area contributed by atoms with Crippen molar-refractivity contribution in [1.82, 2.24) is 5.32 Å². The highest BCUT2D eigenvalue weighted by Gasteiger charge is 2.24. The molecule has 1 unspecified atom stereocenters. The molecule has 3 N–H and O–H groups in total. The Bertz CT molecular complexity index is 2060. The normalized spacial score (nSPS) is 12.7. The van der Waals surface area contributed by atoms with E-state index in [1.807, 2.05) is 36.4 Å². The van der Waals surface area contributed by atoms with E-state index in [9.17, 15) is 24.5 Å². The van der Waals surface area contributed by atoms with Gasteiger partial charge in [0.15, 0.2) is 11.5 Å². The fourth-order valence-electron chi connectivity index (χ4n) is 5.01. The molecule has 12 heteroatoms. The number of hydrogen-bond donors (Lipinski definition) is 3. The van der Waals surface area contributed by atoms with Gasteiger partial charge in [0.2, 0.25) is 5.91 Å². The van der Waals surface area contributed by atoms with E-state index in [1.165, 1.54) is 42.1 Å². The van der Waals surface area contributed by atoms with Crippen LogP contribution in [0.1, 0.15) is 26.7 Å². The Morgan fingerprint density at radius 3 is 2.14 bits per heavy atom. The molecule has 1 aliphatic rings. The number of nitrogens with zero attached hydrogens (tertiary/aromatic N) is 1. The summed E-state index contributed by atoms with van der Waals surface area (Å²) in [5.41, 5.74) is 2.38. The van der Waals surface area contributed by atoms with E-state index < -0.39 is 22.0 Å². The van der Waals surface area contributed by atoms with Gasteiger partial charge in [-0.3, -0.25) is 24.5 Å². The van der Waals surface area contributed by atoms with Gasteiger partial charge in [-0.15, -0.1) is 11.8 Å². The molecule has 1 heterocycles. The van der Waals surface area contributed by atoms with E-state index in [2.05, 4.69) is 16.0 Å². The molecule has 3 amide bonds. The number of carbonyl (C=O) groups is 3. The monoisotopic (exact) mass is 686 g/mol. The van der Waals surface area contributed by atoms with Crippen molar-refractivity contribution in [2.75, 3.05) is 23.8 Å². The summed E-state index contributed by atoms with van der Waals surface area (Å²) in [5, 5.41) is 19.0. The van der Waals surface area contributed by atoms with E-state index in [1.54, 1.807) is 66.7 Å². The fourth-order valence-corrected chi connectivity index (χ4v) is 6.10. The Balaban J connectivity index is 1.22. The first-order valence-corrected chi connectivity index (χ1v) is 16.4. The Hall–Kier alpha value is -6.40. The van der Waals surface area contributed by atoms with Crippen LogP contribution in [0.4, 0.5) is 17.1 Å². The number of carbonyl (C=O) groups excluding carboxylic acids is 3. The zero-order valence-electron chi connectivity index (χ0n) is 26.4. The lowest BCUT2D eigenvalue weighted by atomic mass is 10.1.